The molecule has 3 aromatic heterocycles. The van der Waals surface area contributed by atoms with Gasteiger partial charge in [-0.2, -0.15) is 0 Å². The highest BCUT2D eigenvalue weighted by Gasteiger charge is 2.40. The number of aromatic nitrogens is 2. The van der Waals surface area contributed by atoms with Crippen LogP contribution >= 0.6 is 22.7 Å². The van der Waals surface area contributed by atoms with E-state index in [-0.39, 0.29) is 11.4 Å². The van der Waals surface area contributed by atoms with Crippen LogP contribution in [0.2, 0.25) is 0 Å². The molecule has 0 bridgehead atoms. The van der Waals surface area contributed by atoms with Crippen LogP contribution < -0.4 is 5.32 Å². The van der Waals surface area contributed by atoms with Gasteiger partial charge in [0.1, 0.15) is 9.88 Å². The van der Waals surface area contributed by atoms with Crippen molar-refractivity contribution in [2.75, 3.05) is 0 Å². The maximum absolute atomic E-state index is 12.8. The summed E-state index contributed by atoms with van der Waals surface area (Å²) in [5.41, 5.74) is 0.679. The Hall–Kier alpha value is -1.99. The summed E-state index contributed by atoms with van der Waals surface area (Å²) in [5.74, 6) is 0.602. The molecule has 24 heavy (non-hydrogen) atoms. The fraction of sp³-hybridized carbons (Fsp3) is 0.353. The molecule has 124 valence electrons. The molecule has 1 aliphatic carbocycles. The molecule has 0 spiro atoms. The number of rotatable bonds is 4. The van der Waals surface area contributed by atoms with Crippen molar-refractivity contribution in [3.05, 3.63) is 45.6 Å². The van der Waals surface area contributed by atoms with Gasteiger partial charge in [0.05, 0.1) is 18.0 Å². The van der Waals surface area contributed by atoms with Crippen LogP contribution in [0.3, 0.4) is 0 Å². The third-order valence-corrected chi connectivity index (χ3v) is 6.47. The maximum Gasteiger partial charge on any atom is 0.263 e. The number of carbonyl (C=O) groups excluding carboxylic acids is 1. The first-order chi connectivity index (χ1) is 11.7. The number of nitrogens with zero attached hydrogens (tertiary/aromatic N) is 2. The SMILES string of the molecule is Cc1csc(C2(NC(=O)c3cnc(-c4ccco4)s3)CCCC2)n1. The summed E-state index contributed by atoms with van der Waals surface area (Å²) in [5, 5.41) is 7.02. The van der Waals surface area contributed by atoms with Crippen LogP contribution in [-0.4, -0.2) is 15.9 Å². The first kappa shape index (κ1) is 15.5. The fourth-order valence-corrected chi connectivity index (χ4v) is 4.91. The Morgan fingerprint density at radius 2 is 2.21 bits per heavy atom. The largest absolute Gasteiger partial charge is 0.462 e. The molecule has 4 rings (SSSR count). The number of thiazole rings is 2. The average Bonchev–Trinajstić information content (AvgIpc) is 3.34. The lowest BCUT2D eigenvalue weighted by Crippen LogP contribution is -2.43. The minimum Gasteiger partial charge on any atom is -0.462 e. The zero-order valence-corrected chi connectivity index (χ0v) is 14.9. The van der Waals surface area contributed by atoms with Gasteiger partial charge in [0.2, 0.25) is 0 Å². The Bertz CT molecular complexity index is 845. The minimum absolute atomic E-state index is 0.0833. The first-order valence-electron chi connectivity index (χ1n) is 7.91. The van der Waals surface area contributed by atoms with Crippen molar-refractivity contribution in [2.45, 2.75) is 38.1 Å². The van der Waals surface area contributed by atoms with Crippen molar-refractivity contribution < 1.29 is 9.21 Å². The first-order valence-corrected chi connectivity index (χ1v) is 9.61. The monoisotopic (exact) mass is 359 g/mol. The molecule has 0 atom stereocenters. The third kappa shape index (κ3) is 2.78. The lowest BCUT2D eigenvalue weighted by atomic mass is 9.98. The van der Waals surface area contributed by atoms with E-state index in [1.807, 2.05) is 24.4 Å². The normalized spacial score (nSPS) is 16.4. The molecule has 0 unspecified atom stereocenters. The Balaban J connectivity index is 1.58. The van der Waals surface area contributed by atoms with E-state index >= 15 is 0 Å². The predicted molar refractivity (Wildman–Crippen MR) is 94.3 cm³/mol. The molecule has 0 saturated heterocycles. The van der Waals surface area contributed by atoms with E-state index in [4.69, 9.17) is 4.42 Å². The summed E-state index contributed by atoms with van der Waals surface area (Å²) in [7, 11) is 0. The number of amides is 1. The molecule has 1 aliphatic rings. The van der Waals surface area contributed by atoms with Crippen molar-refractivity contribution in [3.63, 3.8) is 0 Å². The van der Waals surface area contributed by atoms with Crippen molar-refractivity contribution in [3.8, 4) is 10.8 Å². The summed E-state index contributed by atoms with van der Waals surface area (Å²) in [6.45, 7) is 1.99. The number of aryl methyl sites for hydroxylation is 1. The molecule has 1 amide bonds. The third-order valence-electron chi connectivity index (χ3n) is 4.30. The van der Waals surface area contributed by atoms with Gasteiger partial charge in [-0.05, 0) is 31.9 Å². The standard InChI is InChI=1S/C17H17N3O2S2/c1-11-10-23-16(19-11)17(6-2-3-7-17)20-14(21)13-9-18-15(24-13)12-5-4-8-22-12/h4-5,8-10H,2-3,6-7H2,1H3,(H,20,21). The molecule has 7 heteroatoms. The van der Waals surface area contributed by atoms with Crippen LogP contribution in [0.5, 0.6) is 0 Å². The lowest BCUT2D eigenvalue weighted by molar-refractivity contribution is 0.0902. The molecule has 0 radical (unpaired) electrons. The second-order valence-corrected chi connectivity index (χ2v) is 7.93. The van der Waals surface area contributed by atoms with Gasteiger partial charge in [-0.1, -0.05) is 12.8 Å². The van der Waals surface area contributed by atoms with E-state index in [1.54, 1.807) is 23.8 Å². The van der Waals surface area contributed by atoms with Gasteiger partial charge < -0.3 is 9.73 Å². The van der Waals surface area contributed by atoms with Crippen LogP contribution in [0.15, 0.2) is 34.4 Å². The van der Waals surface area contributed by atoms with Crippen molar-refractivity contribution in [2.24, 2.45) is 0 Å². The van der Waals surface area contributed by atoms with Crippen LogP contribution in [0.4, 0.5) is 0 Å². The molecular formula is C17H17N3O2S2. The quantitative estimate of drug-likeness (QED) is 0.751. The van der Waals surface area contributed by atoms with Gasteiger partial charge in [-0.15, -0.1) is 22.7 Å². The summed E-state index contributed by atoms with van der Waals surface area (Å²) >= 11 is 2.98. The molecule has 5 nitrogen and oxygen atoms in total. The summed E-state index contributed by atoms with van der Waals surface area (Å²) in [6.07, 6.45) is 7.33. The van der Waals surface area contributed by atoms with E-state index in [0.29, 0.717) is 10.6 Å². The fourth-order valence-electron chi connectivity index (χ4n) is 3.12. The number of hydrogen-bond donors (Lipinski definition) is 1. The van der Waals surface area contributed by atoms with E-state index < -0.39 is 0 Å². The van der Waals surface area contributed by atoms with Gasteiger partial charge >= 0.3 is 0 Å². The molecule has 1 N–H and O–H groups in total. The second kappa shape index (κ2) is 6.14. The summed E-state index contributed by atoms with van der Waals surface area (Å²) < 4.78 is 5.35. The van der Waals surface area contributed by atoms with Gasteiger partial charge in [0.15, 0.2) is 10.8 Å². The average molecular weight is 359 g/mol. The van der Waals surface area contributed by atoms with Gasteiger partial charge in [0, 0.05) is 11.1 Å². The van der Waals surface area contributed by atoms with Gasteiger partial charge in [-0.25, -0.2) is 9.97 Å². The highest BCUT2D eigenvalue weighted by Crippen LogP contribution is 2.40. The topological polar surface area (TPSA) is 68.0 Å². The lowest BCUT2D eigenvalue weighted by Gasteiger charge is -2.27. The number of carbonyl (C=O) groups is 1. The van der Waals surface area contributed by atoms with E-state index in [0.717, 1.165) is 41.4 Å². The van der Waals surface area contributed by atoms with Crippen LogP contribution in [0, 0.1) is 6.92 Å². The predicted octanol–water partition coefficient (Wildman–Crippen LogP) is 4.37. The van der Waals surface area contributed by atoms with E-state index in [2.05, 4.69) is 15.3 Å². The van der Waals surface area contributed by atoms with Crippen LogP contribution in [-0.2, 0) is 5.54 Å². The zero-order chi connectivity index (χ0) is 16.6. The molecular weight excluding hydrogens is 342 g/mol. The van der Waals surface area contributed by atoms with Crippen molar-refractivity contribution >= 4 is 28.6 Å². The summed E-state index contributed by atoms with van der Waals surface area (Å²) in [4.78, 5) is 22.3. The van der Waals surface area contributed by atoms with E-state index in [9.17, 15) is 4.79 Å². The molecule has 1 saturated carbocycles. The smallest absolute Gasteiger partial charge is 0.263 e. The molecule has 0 aromatic carbocycles. The summed E-state index contributed by atoms with van der Waals surface area (Å²) in [6, 6.07) is 3.66. The Labute approximate surface area is 147 Å². The zero-order valence-electron chi connectivity index (χ0n) is 13.2. The molecule has 1 fully saturated rings. The van der Waals surface area contributed by atoms with E-state index in [1.165, 1.54) is 11.3 Å². The Morgan fingerprint density at radius 1 is 1.38 bits per heavy atom. The Kier molecular flexibility index (Phi) is 3.97. The van der Waals surface area contributed by atoms with Crippen molar-refractivity contribution in [1.82, 2.24) is 15.3 Å². The highest BCUT2D eigenvalue weighted by molar-refractivity contribution is 7.16. The highest BCUT2D eigenvalue weighted by atomic mass is 32.1. The maximum atomic E-state index is 12.8. The van der Waals surface area contributed by atoms with Gasteiger partial charge in [0.25, 0.3) is 5.91 Å². The molecule has 0 aliphatic heterocycles. The number of hydrogen-bond acceptors (Lipinski definition) is 6. The molecule has 3 aromatic rings. The Morgan fingerprint density at radius 3 is 2.88 bits per heavy atom. The number of nitrogens with one attached hydrogen (secondary N) is 1. The minimum atomic E-state index is -0.329. The second-order valence-electron chi connectivity index (χ2n) is 6.04. The van der Waals surface area contributed by atoms with Crippen LogP contribution in [0.25, 0.3) is 10.8 Å². The van der Waals surface area contributed by atoms with Crippen LogP contribution in [0.1, 0.15) is 46.1 Å². The van der Waals surface area contributed by atoms with Crippen molar-refractivity contribution in [1.29, 1.82) is 0 Å². The van der Waals surface area contributed by atoms with Gasteiger partial charge in [-0.3, -0.25) is 4.79 Å². The molecule has 3 heterocycles. The number of furan rings is 1.